The summed E-state index contributed by atoms with van der Waals surface area (Å²) in [7, 11) is -1.06. The van der Waals surface area contributed by atoms with Crippen molar-refractivity contribution in [3.63, 3.8) is 0 Å². The quantitative estimate of drug-likeness (QED) is 0.239. The van der Waals surface area contributed by atoms with Gasteiger partial charge in [0.15, 0.2) is 7.14 Å². The van der Waals surface area contributed by atoms with Gasteiger partial charge >= 0.3 is 0 Å². The van der Waals surface area contributed by atoms with Gasteiger partial charge in [-0.2, -0.15) is 0 Å². The highest BCUT2D eigenvalue weighted by molar-refractivity contribution is 7.85. The summed E-state index contributed by atoms with van der Waals surface area (Å²) in [4.78, 5) is 0. The number of hydrogen-bond acceptors (Lipinski definition) is 1. The van der Waals surface area contributed by atoms with Crippen molar-refractivity contribution in [1.29, 1.82) is 0 Å². The lowest BCUT2D eigenvalue weighted by atomic mass is 9.98. The first-order chi connectivity index (χ1) is 17.7. The fraction of sp³-hybridized carbons (Fsp3) is 0.0303. The molecule has 0 unspecified atom stereocenters. The Morgan fingerprint density at radius 3 is 1.69 bits per heavy atom. The summed E-state index contributed by atoms with van der Waals surface area (Å²) in [6.07, 6.45) is 0. The molecular weight excluding hydrogens is 457 g/mol. The van der Waals surface area contributed by atoms with Gasteiger partial charge in [-0.1, -0.05) is 133 Å². The first kappa shape index (κ1) is 22.3. The molecule has 0 bridgehead atoms. The standard InChI is InChI=1S/C33H26NOP/c1-34-30-23-13-11-21-28(30)32(25-15-5-2-6-16-25)33(34)29-22-12-14-24-31(29)36(35,26-17-7-3-8-18-26)27-19-9-4-10-20-27/h2-24H,1H3. The molecule has 0 fully saturated rings. The van der Waals surface area contributed by atoms with Crippen molar-refractivity contribution < 1.29 is 4.57 Å². The first-order valence-corrected chi connectivity index (χ1v) is 13.8. The molecule has 174 valence electrons. The SMILES string of the molecule is Cn1c(-c2ccccc2P(=O)(c2ccccc2)c2ccccc2)c(-c2ccccc2)c2ccccc21. The number of rotatable bonds is 5. The van der Waals surface area contributed by atoms with Crippen LogP contribution in [0.1, 0.15) is 0 Å². The highest BCUT2D eigenvalue weighted by Crippen LogP contribution is 2.48. The predicted molar refractivity (Wildman–Crippen MR) is 153 cm³/mol. The zero-order chi connectivity index (χ0) is 24.5. The predicted octanol–water partition coefficient (Wildman–Crippen LogP) is 7.15. The number of aryl methyl sites for hydroxylation is 1. The molecule has 3 heteroatoms. The second kappa shape index (κ2) is 9.15. The fourth-order valence-corrected chi connectivity index (χ4v) is 8.11. The summed E-state index contributed by atoms with van der Waals surface area (Å²) in [5.74, 6) is 0. The number of fused-ring (bicyclic) bond motifs is 1. The van der Waals surface area contributed by atoms with Gasteiger partial charge in [0.2, 0.25) is 0 Å². The van der Waals surface area contributed by atoms with E-state index in [-0.39, 0.29) is 0 Å². The zero-order valence-corrected chi connectivity index (χ0v) is 21.0. The number of para-hydroxylation sites is 1. The number of hydrogen-bond donors (Lipinski definition) is 0. The van der Waals surface area contributed by atoms with Crippen LogP contribution in [-0.2, 0) is 11.6 Å². The Balaban J connectivity index is 1.73. The van der Waals surface area contributed by atoms with Gasteiger partial charge in [0.05, 0.1) is 5.69 Å². The van der Waals surface area contributed by atoms with Gasteiger partial charge in [-0.15, -0.1) is 0 Å². The minimum atomic E-state index is -3.17. The third-order valence-corrected chi connectivity index (χ3v) is 10.0. The lowest BCUT2D eigenvalue weighted by Crippen LogP contribution is -2.26. The summed E-state index contributed by atoms with van der Waals surface area (Å²) in [6, 6.07) is 47.0. The largest absolute Gasteiger partial charge is 0.343 e. The van der Waals surface area contributed by atoms with Crippen molar-refractivity contribution in [3.05, 3.63) is 140 Å². The van der Waals surface area contributed by atoms with Crippen LogP contribution in [0.5, 0.6) is 0 Å². The molecule has 6 aromatic rings. The average Bonchev–Trinajstić information content (AvgIpc) is 3.26. The molecule has 0 aliphatic rings. The maximum Gasteiger partial charge on any atom is 0.171 e. The van der Waals surface area contributed by atoms with Gasteiger partial charge in [0.1, 0.15) is 0 Å². The Morgan fingerprint density at radius 2 is 1.06 bits per heavy atom. The zero-order valence-electron chi connectivity index (χ0n) is 20.1. The van der Waals surface area contributed by atoms with Gasteiger partial charge < -0.3 is 9.13 Å². The maximum absolute atomic E-state index is 15.4. The maximum atomic E-state index is 15.4. The lowest BCUT2D eigenvalue weighted by Gasteiger charge is -2.23. The van der Waals surface area contributed by atoms with E-state index in [4.69, 9.17) is 0 Å². The molecule has 0 saturated carbocycles. The second-order valence-corrected chi connectivity index (χ2v) is 11.7. The van der Waals surface area contributed by atoms with Gasteiger partial charge in [-0.05, 0) is 11.6 Å². The molecule has 6 rings (SSSR count). The molecular formula is C33H26NOP. The van der Waals surface area contributed by atoms with Gasteiger partial charge in [-0.3, -0.25) is 0 Å². The van der Waals surface area contributed by atoms with Crippen LogP contribution in [0, 0.1) is 0 Å². The van der Waals surface area contributed by atoms with E-state index in [1.807, 2.05) is 84.9 Å². The number of aromatic nitrogens is 1. The Labute approximate surface area is 211 Å². The van der Waals surface area contributed by atoms with Crippen molar-refractivity contribution in [2.75, 3.05) is 0 Å². The average molecular weight is 484 g/mol. The molecule has 1 heterocycles. The molecule has 36 heavy (non-hydrogen) atoms. The van der Waals surface area contributed by atoms with Crippen molar-refractivity contribution >= 4 is 34.0 Å². The van der Waals surface area contributed by atoms with Crippen LogP contribution in [0.3, 0.4) is 0 Å². The van der Waals surface area contributed by atoms with E-state index in [0.29, 0.717) is 0 Å². The van der Waals surface area contributed by atoms with Crippen LogP contribution in [0.2, 0.25) is 0 Å². The summed E-state index contributed by atoms with van der Waals surface area (Å²) in [5, 5.41) is 3.71. The Kier molecular flexibility index (Phi) is 5.68. The molecule has 0 N–H and O–H groups in total. The van der Waals surface area contributed by atoms with Gasteiger partial charge in [0.25, 0.3) is 0 Å². The molecule has 0 saturated heterocycles. The minimum Gasteiger partial charge on any atom is -0.343 e. The molecule has 0 radical (unpaired) electrons. The highest BCUT2D eigenvalue weighted by Gasteiger charge is 2.33. The van der Waals surface area contributed by atoms with E-state index in [0.717, 1.165) is 43.8 Å². The molecule has 2 nitrogen and oxygen atoms in total. The van der Waals surface area contributed by atoms with E-state index in [2.05, 4.69) is 66.2 Å². The Hall–Kier alpha value is -4.13. The van der Waals surface area contributed by atoms with Crippen molar-refractivity contribution in [2.24, 2.45) is 7.05 Å². The van der Waals surface area contributed by atoms with Crippen LogP contribution in [0.25, 0.3) is 33.3 Å². The molecule has 1 aromatic heterocycles. The molecule has 0 atom stereocenters. The van der Waals surface area contributed by atoms with Gasteiger partial charge in [-0.25, -0.2) is 0 Å². The van der Waals surface area contributed by atoms with Crippen LogP contribution < -0.4 is 15.9 Å². The Morgan fingerprint density at radius 1 is 0.556 bits per heavy atom. The topological polar surface area (TPSA) is 22.0 Å². The first-order valence-electron chi connectivity index (χ1n) is 12.1. The fourth-order valence-electron chi connectivity index (χ4n) is 5.26. The molecule has 0 amide bonds. The summed E-state index contributed by atoms with van der Waals surface area (Å²) < 4.78 is 17.6. The minimum absolute atomic E-state index is 0.837. The Bertz CT molecular complexity index is 1660. The number of nitrogens with zero attached hydrogens (tertiary/aromatic N) is 1. The third kappa shape index (κ3) is 3.54. The smallest absolute Gasteiger partial charge is 0.171 e. The summed E-state index contributed by atoms with van der Waals surface area (Å²) in [5.41, 5.74) is 5.52. The normalized spacial score (nSPS) is 11.6. The summed E-state index contributed by atoms with van der Waals surface area (Å²) >= 11 is 0. The van der Waals surface area contributed by atoms with Crippen LogP contribution in [0.15, 0.2) is 140 Å². The summed E-state index contributed by atoms with van der Waals surface area (Å²) in [6.45, 7) is 0. The van der Waals surface area contributed by atoms with Gasteiger partial charge in [0, 0.05) is 45.0 Å². The van der Waals surface area contributed by atoms with Crippen LogP contribution in [0.4, 0.5) is 0 Å². The molecule has 5 aromatic carbocycles. The number of benzene rings is 5. The van der Waals surface area contributed by atoms with E-state index in [9.17, 15) is 0 Å². The third-order valence-electron chi connectivity index (χ3n) is 6.91. The van der Waals surface area contributed by atoms with E-state index >= 15 is 4.57 Å². The highest BCUT2D eigenvalue weighted by atomic mass is 31.2. The lowest BCUT2D eigenvalue weighted by molar-refractivity contribution is 0.592. The molecule has 0 aliphatic heterocycles. The van der Waals surface area contributed by atoms with Crippen molar-refractivity contribution in [1.82, 2.24) is 4.57 Å². The van der Waals surface area contributed by atoms with E-state index in [1.54, 1.807) is 0 Å². The van der Waals surface area contributed by atoms with Crippen LogP contribution in [-0.4, -0.2) is 4.57 Å². The monoisotopic (exact) mass is 483 g/mol. The van der Waals surface area contributed by atoms with Crippen LogP contribution >= 0.6 is 7.14 Å². The second-order valence-electron chi connectivity index (χ2n) is 8.96. The van der Waals surface area contributed by atoms with E-state index < -0.39 is 7.14 Å². The van der Waals surface area contributed by atoms with Crippen molar-refractivity contribution in [2.45, 2.75) is 0 Å². The van der Waals surface area contributed by atoms with E-state index in [1.165, 1.54) is 5.39 Å². The van der Waals surface area contributed by atoms with Crippen molar-refractivity contribution in [3.8, 4) is 22.4 Å². The molecule has 0 aliphatic carbocycles. The molecule has 0 spiro atoms.